The topological polar surface area (TPSA) is 52.0 Å². The summed E-state index contributed by atoms with van der Waals surface area (Å²) in [5.74, 6) is 0.492. The van der Waals surface area contributed by atoms with Crippen LogP contribution in [-0.4, -0.2) is 4.98 Å². The first-order valence-electron chi connectivity index (χ1n) is 5.15. The minimum atomic E-state index is 0.487. The van der Waals surface area contributed by atoms with Crippen molar-refractivity contribution in [2.24, 2.45) is 0 Å². The first kappa shape index (κ1) is 10.2. The summed E-state index contributed by atoms with van der Waals surface area (Å²) < 4.78 is 5.64. The van der Waals surface area contributed by atoms with E-state index in [1.165, 1.54) is 0 Å². The maximum absolute atomic E-state index is 5.97. The highest BCUT2D eigenvalue weighted by atomic mass is 35.5. The van der Waals surface area contributed by atoms with Gasteiger partial charge in [-0.3, -0.25) is 0 Å². The van der Waals surface area contributed by atoms with Gasteiger partial charge in [0.05, 0.1) is 16.3 Å². The molecule has 0 unspecified atom stereocenters. The van der Waals surface area contributed by atoms with Crippen LogP contribution >= 0.6 is 11.6 Å². The number of anilines is 1. The fourth-order valence-corrected chi connectivity index (χ4v) is 1.89. The van der Waals surface area contributed by atoms with Gasteiger partial charge in [0, 0.05) is 0 Å². The van der Waals surface area contributed by atoms with Crippen molar-refractivity contribution in [1.82, 2.24) is 4.98 Å². The smallest absolute Gasteiger partial charge is 0.229 e. The second-order valence-electron chi connectivity index (χ2n) is 3.69. The van der Waals surface area contributed by atoms with E-state index in [1.54, 1.807) is 6.07 Å². The zero-order chi connectivity index (χ0) is 11.8. The molecule has 0 aliphatic heterocycles. The summed E-state index contributed by atoms with van der Waals surface area (Å²) in [6, 6.07) is 13.0. The summed E-state index contributed by atoms with van der Waals surface area (Å²) in [6.45, 7) is 0. The lowest BCUT2D eigenvalue weighted by Crippen LogP contribution is -1.90. The highest BCUT2D eigenvalue weighted by Gasteiger charge is 2.12. The second kappa shape index (κ2) is 3.79. The minimum absolute atomic E-state index is 0.487. The van der Waals surface area contributed by atoms with Crippen molar-refractivity contribution >= 4 is 28.4 Å². The predicted molar refractivity (Wildman–Crippen MR) is 68.9 cm³/mol. The largest absolute Gasteiger partial charge is 0.436 e. The molecule has 0 saturated carbocycles. The fraction of sp³-hybridized carbons (Fsp3) is 0. The van der Waals surface area contributed by atoms with Crippen molar-refractivity contribution in [3.8, 4) is 11.5 Å². The van der Waals surface area contributed by atoms with Crippen LogP contribution in [0.1, 0.15) is 0 Å². The maximum atomic E-state index is 5.97. The van der Waals surface area contributed by atoms with E-state index in [-0.39, 0.29) is 0 Å². The monoisotopic (exact) mass is 244 g/mol. The van der Waals surface area contributed by atoms with Crippen LogP contribution in [0.25, 0.3) is 22.6 Å². The van der Waals surface area contributed by atoms with Gasteiger partial charge in [-0.2, -0.15) is 0 Å². The zero-order valence-electron chi connectivity index (χ0n) is 8.85. The van der Waals surface area contributed by atoms with Gasteiger partial charge in [-0.15, -0.1) is 0 Å². The number of nitrogens with zero attached hydrogens (tertiary/aromatic N) is 1. The lowest BCUT2D eigenvalue weighted by Gasteiger charge is -2.02. The molecule has 0 saturated heterocycles. The normalized spacial score (nSPS) is 10.9. The number of halogens is 1. The Morgan fingerprint density at radius 3 is 2.71 bits per heavy atom. The molecule has 1 aromatic heterocycles. The summed E-state index contributed by atoms with van der Waals surface area (Å²) in [5.41, 5.74) is 8.65. The highest BCUT2D eigenvalue weighted by Crippen LogP contribution is 2.32. The summed E-state index contributed by atoms with van der Waals surface area (Å²) in [4.78, 5) is 4.38. The number of hydrogen-bond donors (Lipinski definition) is 1. The molecular weight excluding hydrogens is 236 g/mol. The van der Waals surface area contributed by atoms with Crippen LogP contribution in [0.3, 0.4) is 0 Å². The first-order valence-corrected chi connectivity index (χ1v) is 5.53. The van der Waals surface area contributed by atoms with E-state index in [1.807, 2.05) is 36.4 Å². The lowest BCUT2D eigenvalue weighted by atomic mass is 10.2. The molecule has 2 N–H and O–H groups in total. The molecule has 0 atom stereocenters. The molecule has 4 heteroatoms. The van der Waals surface area contributed by atoms with Gasteiger partial charge in [-0.05, 0) is 24.3 Å². The molecule has 0 bridgehead atoms. The molecule has 0 spiro atoms. The number of rotatable bonds is 1. The molecule has 2 aromatic carbocycles. The van der Waals surface area contributed by atoms with Crippen LogP contribution < -0.4 is 5.73 Å². The van der Waals surface area contributed by atoms with Gasteiger partial charge in [0.1, 0.15) is 5.52 Å². The first-order chi connectivity index (χ1) is 8.25. The van der Waals surface area contributed by atoms with E-state index < -0.39 is 0 Å². The number of nitrogens with two attached hydrogens (primary N) is 1. The number of fused-ring (bicyclic) bond motifs is 1. The number of aromatic nitrogens is 1. The van der Waals surface area contributed by atoms with Crippen molar-refractivity contribution in [3.63, 3.8) is 0 Å². The molecule has 1 heterocycles. The molecule has 3 aromatic rings. The van der Waals surface area contributed by atoms with Gasteiger partial charge in [-0.1, -0.05) is 29.8 Å². The average Bonchev–Trinajstić information content (AvgIpc) is 2.76. The van der Waals surface area contributed by atoms with E-state index >= 15 is 0 Å². The molecule has 0 aliphatic rings. The van der Waals surface area contributed by atoms with Gasteiger partial charge >= 0.3 is 0 Å². The summed E-state index contributed by atoms with van der Waals surface area (Å²) in [7, 11) is 0. The van der Waals surface area contributed by atoms with Crippen LogP contribution in [0.5, 0.6) is 0 Å². The third kappa shape index (κ3) is 1.65. The molecule has 0 amide bonds. The summed E-state index contributed by atoms with van der Waals surface area (Å²) in [6.07, 6.45) is 0. The summed E-state index contributed by atoms with van der Waals surface area (Å²) >= 11 is 5.97. The average molecular weight is 245 g/mol. The molecule has 17 heavy (non-hydrogen) atoms. The van der Waals surface area contributed by atoms with Crippen LogP contribution in [0, 0.1) is 0 Å². The van der Waals surface area contributed by atoms with Gasteiger partial charge in [-0.25, -0.2) is 4.98 Å². The molecule has 84 valence electrons. The van der Waals surface area contributed by atoms with Gasteiger partial charge < -0.3 is 10.2 Å². The van der Waals surface area contributed by atoms with E-state index in [2.05, 4.69) is 4.98 Å². The van der Waals surface area contributed by atoms with Crippen LogP contribution in [0.4, 0.5) is 5.69 Å². The van der Waals surface area contributed by atoms with Gasteiger partial charge in [0.25, 0.3) is 0 Å². The Labute approximate surface area is 103 Å². The molecule has 3 rings (SSSR count). The quantitative estimate of drug-likeness (QED) is 0.664. The third-order valence-corrected chi connectivity index (χ3v) is 2.91. The second-order valence-corrected chi connectivity index (χ2v) is 4.10. The third-order valence-electron chi connectivity index (χ3n) is 2.58. The van der Waals surface area contributed by atoms with Crippen molar-refractivity contribution < 1.29 is 4.42 Å². The van der Waals surface area contributed by atoms with E-state index in [4.69, 9.17) is 21.8 Å². The number of oxazole rings is 1. The number of para-hydroxylation sites is 3. The Hall–Kier alpha value is -2.00. The number of nitrogen functional groups attached to an aromatic ring is 1. The SMILES string of the molecule is Nc1c(Cl)cccc1-c1nc2ccccc2o1. The zero-order valence-corrected chi connectivity index (χ0v) is 9.61. The molecule has 0 radical (unpaired) electrons. The fourth-order valence-electron chi connectivity index (χ4n) is 1.71. The number of hydrogen-bond acceptors (Lipinski definition) is 3. The standard InChI is InChI=1S/C13H9ClN2O/c14-9-5-3-4-8(12(9)15)13-16-10-6-1-2-7-11(10)17-13/h1-7H,15H2. The Kier molecular flexibility index (Phi) is 2.27. The van der Waals surface area contributed by atoms with Crippen LogP contribution in [-0.2, 0) is 0 Å². The Bertz CT molecular complexity index is 658. The van der Waals surface area contributed by atoms with E-state index in [0.717, 1.165) is 11.1 Å². The van der Waals surface area contributed by atoms with Crippen LogP contribution in [0.15, 0.2) is 46.9 Å². The Balaban J connectivity index is 2.24. The van der Waals surface area contributed by atoms with Crippen molar-refractivity contribution in [1.29, 1.82) is 0 Å². The van der Waals surface area contributed by atoms with Gasteiger partial charge in [0.2, 0.25) is 5.89 Å². The molecule has 0 aliphatic carbocycles. The Morgan fingerprint density at radius 2 is 1.88 bits per heavy atom. The van der Waals surface area contributed by atoms with Crippen molar-refractivity contribution in [3.05, 3.63) is 47.5 Å². The van der Waals surface area contributed by atoms with Crippen LogP contribution in [0.2, 0.25) is 5.02 Å². The van der Waals surface area contributed by atoms with Crippen molar-refractivity contribution in [2.75, 3.05) is 5.73 Å². The van der Waals surface area contributed by atoms with Crippen molar-refractivity contribution in [2.45, 2.75) is 0 Å². The van der Waals surface area contributed by atoms with Gasteiger partial charge in [0.15, 0.2) is 5.58 Å². The minimum Gasteiger partial charge on any atom is -0.436 e. The maximum Gasteiger partial charge on any atom is 0.229 e. The molecular formula is C13H9ClN2O. The van der Waals surface area contributed by atoms with E-state index in [9.17, 15) is 0 Å². The predicted octanol–water partition coefficient (Wildman–Crippen LogP) is 3.73. The van der Waals surface area contributed by atoms with E-state index in [0.29, 0.717) is 22.2 Å². The summed E-state index contributed by atoms with van der Waals surface area (Å²) in [5, 5.41) is 0.504. The number of benzene rings is 2. The Morgan fingerprint density at radius 1 is 1.06 bits per heavy atom. The molecule has 3 nitrogen and oxygen atoms in total. The molecule has 0 fully saturated rings. The highest BCUT2D eigenvalue weighted by molar-refractivity contribution is 6.33. The lowest BCUT2D eigenvalue weighted by molar-refractivity contribution is 0.620.